The molecule has 9 saturated heterocycles. The molecule has 29 atom stereocenters. The van der Waals surface area contributed by atoms with Gasteiger partial charge in [-0.15, -0.1) is 23.5 Å². The molecule has 73 heteroatoms. The summed E-state index contributed by atoms with van der Waals surface area (Å²) in [4.78, 5) is 148. The Balaban J connectivity index is 0.000000131. The van der Waals surface area contributed by atoms with Crippen molar-refractivity contribution in [1.29, 1.82) is 0 Å². The molecule has 0 aliphatic carbocycles. The molecule has 732 valence electrons. The van der Waals surface area contributed by atoms with E-state index in [1.807, 2.05) is 0 Å². The monoisotopic (exact) mass is 2180 g/mol. The molecule has 0 aromatic carbocycles. The summed E-state index contributed by atoms with van der Waals surface area (Å²) < 4.78 is 222. The van der Waals surface area contributed by atoms with E-state index in [4.69, 9.17) is 167 Å². The third-order valence-corrected chi connectivity index (χ3v) is 34.5. The highest BCUT2D eigenvalue weighted by molar-refractivity contribution is 8.44. The van der Waals surface area contributed by atoms with Gasteiger partial charge in [0.25, 0.3) is 16.7 Å². The van der Waals surface area contributed by atoms with Crippen LogP contribution in [0.25, 0.3) is 67.0 Å². The van der Waals surface area contributed by atoms with Crippen LogP contribution in [0.4, 0.5) is 65.6 Å². The van der Waals surface area contributed by atoms with Crippen LogP contribution >= 0.6 is 76.2 Å². The number of nitrogen functional groups attached to an aromatic ring is 6. The number of thiol groups is 1. The first-order valence-electron chi connectivity index (χ1n) is 39.1. The molecule has 12 aromatic rings. The Bertz CT molecular complexity index is 6940. The van der Waals surface area contributed by atoms with Crippen molar-refractivity contribution in [1.82, 2.24) is 102 Å². The fraction of sp³-hybridized carbons (Fsp3) is 0.476. The largest absolute Gasteiger partial charge is 0.397 e. The van der Waals surface area contributed by atoms with Crippen molar-refractivity contribution in [3.05, 3.63) is 106 Å². The third-order valence-electron chi connectivity index (χ3n) is 22.1. The van der Waals surface area contributed by atoms with Crippen molar-refractivity contribution in [2.75, 3.05) is 74.0 Å². The molecular formula is C63H68F7N27O25P6S8. The van der Waals surface area contributed by atoms with E-state index in [-0.39, 0.29) is 79.5 Å². The van der Waals surface area contributed by atoms with Gasteiger partial charge in [0, 0.05) is 18.6 Å². The summed E-state index contributed by atoms with van der Waals surface area (Å²) in [7, 11) is 0. The van der Waals surface area contributed by atoms with Crippen molar-refractivity contribution in [3.63, 3.8) is 0 Å². The van der Waals surface area contributed by atoms with Gasteiger partial charge < -0.3 is 100 Å². The summed E-state index contributed by atoms with van der Waals surface area (Å²) in [6.07, 6.45) is -21.2. The van der Waals surface area contributed by atoms with E-state index in [0.29, 0.717) is 22.4 Å². The fourth-order valence-electron chi connectivity index (χ4n) is 16.0. The number of pyridine rings is 3. The van der Waals surface area contributed by atoms with Gasteiger partial charge in [-0.3, -0.25) is 88.4 Å². The first kappa shape index (κ1) is 97.7. The predicted molar refractivity (Wildman–Crippen MR) is 483 cm³/mol. The Morgan fingerprint density at radius 1 is 0.390 bits per heavy atom. The standard InChI is InChI=1S/C21H22F3N9O9P2S2.2C21H23F2N9O8P2S3/c22-10-13-8(39-18(10)32-5-28-11-7(25)1-2-27-15(11)32)3-37-44(36,46)42-14-19(33-6-29-12-16(33)30-20(26)31-17(12)34)40-9(21(14,23)24)4-38-43(35,45)41-13;2*22-10-9-4-37-42(35,44)39-14-8(38-19(11(14)23)31-5-27-12-7(24)1-2-26-16(12)31)3-36-41(34,43)40-15(10)20(45-9)32-6-28-13-17(32)29-21(25)30-18(13)33/h1-2,5-6,8-10,13-14,18-19H,3-4H2,(H2,25,27)(H,35,45)(H,36,46)(H3,26,30,31,34);2*1-2,5-6,8-11,14-15,19-20H,3-4H2,(H2,24,26)(H,34,43)(H,35,44)(H3,25,29,30,33)/t8-,9-,10+,13-,14+,18-,19-,43?,44?;2*8-,9-,10+,11+,14-,15-,19-,20-,41?,42?/m111/s1. The highest BCUT2D eigenvalue weighted by Gasteiger charge is 2.64. The van der Waals surface area contributed by atoms with Crippen LogP contribution in [0, 0.1) is 0 Å². The van der Waals surface area contributed by atoms with Gasteiger partial charge >= 0.3 is 46.3 Å². The van der Waals surface area contributed by atoms with E-state index in [2.05, 4.69) is 87.0 Å². The van der Waals surface area contributed by atoms with E-state index in [1.54, 1.807) is 0 Å². The van der Waals surface area contributed by atoms with Crippen molar-refractivity contribution >= 4 is 237 Å². The van der Waals surface area contributed by atoms with Crippen molar-refractivity contribution < 1.29 is 133 Å². The molecule has 21 rings (SSSR count). The summed E-state index contributed by atoms with van der Waals surface area (Å²) >= 11 is 31.6. The summed E-state index contributed by atoms with van der Waals surface area (Å²) in [5, 5.41) is -4.23. The molecule has 52 nitrogen and oxygen atoms in total. The number of nitrogens with two attached hydrogens (primary N) is 6. The Morgan fingerprint density at radius 3 is 1.07 bits per heavy atom. The van der Waals surface area contributed by atoms with Crippen LogP contribution in [0.1, 0.15) is 35.7 Å². The van der Waals surface area contributed by atoms with Gasteiger partial charge in [0.15, 0.2) is 106 Å². The highest BCUT2D eigenvalue weighted by Crippen LogP contribution is 2.64. The number of nitrogens with zero attached hydrogens (tertiary/aromatic N) is 18. The molecule has 6 unspecified atom stereocenters. The van der Waals surface area contributed by atoms with Gasteiger partial charge in [-0.25, -0.2) is 80.2 Å². The maximum atomic E-state index is 16.0. The van der Waals surface area contributed by atoms with E-state index < -0.39 is 241 Å². The second-order valence-corrected chi connectivity index (χ2v) is 50.2. The minimum atomic E-state index is -4.62. The molecule has 0 spiro atoms. The van der Waals surface area contributed by atoms with Crippen LogP contribution in [0.3, 0.4) is 0 Å². The Morgan fingerprint density at radius 2 is 0.691 bits per heavy atom. The first-order valence-corrected chi connectivity index (χ1v) is 56.7. The molecule has 0 saturated carbocycles. The van der Waals surface area contributed by atoms with Gasteiger partial charge in [0.05, 0.1) is 105 Å². The van der Waals surface area contributed by atoms with Gasteiger partial charge in [-0.2, -0.15) is 15.0 Å². The molecule has 136 heavy (non-hydrogen) atoms. The van der Waals surface area contributed by atoms with E-state index in [0.717, 1.165) is 34.4 Å². The zero-order valence-electron chi connectivity index (χ0n) is 67.5. The van der Waals surface area contributed by atoms with Crippen LogP contribution in [0.2, 0.25) is 0 Å². The second-order valence-electron chi connectivity index (χ2n) is 30.7. The number of ether oxygens (including phenoxy) is 4. The fourth-order valence-corrected chi connectivity index (χ4v) is 27.8. The minimum Gasteiger partial charge on any atom is -0.397 e. The zero-order chi connectivity index (χ0) is 96.4. The number of aromatic amines is 3. The molecule has 20 N–H and O–H groups in total. The van der Waals surface area contributed by atoms with Gasteiger partial charge in [0.2, 0.25) is 17.8 Å². The van der Waals surface area contributed by atoms with Gasteiger partial charge in [-0.05, 0) is 77.2 Å². The number of fused-ring (bicyclic) bond motifs is 15. The van der Waals surface area contributed by atoms with E-state index >= 15 is 30.7 Å². The number of rotatable bonds is 6. The van der Waals surface area contributed by atoms with Crippen LogP contribution in [0.5, 0.6) is 0 Å². The third kappa shape index (κ3) is 18.8. The average Bonchev–Trinajstić information content (AvgIpc) is 1.59. The molecule has 9 aliphatic rings. The van der Waals surface area contributed by atoms with Crippen molar-refractivity contribution in [3.8, 4) is 0 Å². The Labute approximate surface area is 791 Å². The predicted octanol–water partition coefficient (Wildman–Crippen LogP) is 3.90. The number of nitrogens with one attached hydrogen (secondary N) is 3. The highest BCUT2D eigenvalue weighted by atomic mass is 32.7. The number of alkyl halides is 7. The number of imidazole rings is 6. The average molecular weight is 2180 g/mol. The quantitative estimate of drug-likeness (QED) is 0.0637. The normalized spacial score (nSPS) is 37.3. The molecule has 6 bridgehead atoms. The van der Waals surface area contributed by atoms with Crippen molar-refractivity contribution in [2.45, 2.75) is 144 Å². The molecule has 9 aliphatic heterocycles. The Hall–Kier alpha value is -7.09. The summed E-state index contributed by atoms with van der Waals surface area (Å²) in [5.74, 6) is -4.78. The molecule has 0 radical (unpaired) electrons. The number of hydrogen-bond acceptors (Lipinski definition) is 45. The molecule has 9 fully saturated rings. The lowest BCUT2D eigenvalue weighted by Crippen LogP contribution is -2.42. The van der Waals surface area contributed by atoms with E-state index in [9.17, 15) is 43.4 Å². The second kappa shape index (κ2) is 37.0. The summed E-state index contributed by atoms with van der Waals surface area (Å²) in [5.41, 5.74) is 34.5. The molecule has 21 heterocycles. The lowest BCUT2D eigenvalue weighted by Gasteiger charge is -2.28. The number of hydrogen-bond donors (Lipinski definition) is 15. The number of halogens is 7. The summed E-state index contributed by atoms with van der Waals surface area (Å²) in [6.45, 7) is -30.5. The minimum absolute atomic E-state index is 0.0121. The number of H-pyrrole nitrogens is 3. The van der Waals surface area contributed by atoms with Crippen molar-refractivity contribution in [2.24, 2.45) is 0 Å². The van der Waals surface area contributed by atoms with Crippen LogP contribution < -0.4 is 51.1 Å². The van der Waals surface area contributed by atoms with E-state index in [1.165, 1.54) is 91.3 Å². The van der Waals surface area contributed by atoms with Crippen LogP contribution in [-0.4, -0.2) is 275 Å². The van der Waals surface area contributed by atoms with Gasteiger partial charge in [-0.1, -0.05) is 12.2 Å². The maximum Gasteiger partial charge on any atom is 0.386 e. The van der Waals surface area contributed by atoms with Crippen LogP contribution in [0.15, 0.2) is 89.1 Å². The topological polar surface area (TPSA) is 705 Å². The lowest BCUT2D eigenvalue weighted by atomic mass is 10.1. The first-order chi connectivity index (χ1) is 64.3. The number of aromatic nitrogens is 21. The number of anilines is 6. The zero-order valence-corrected chi connectivity index (χ0v) is 79.5. The molecule has 0 amide bonds. The molecule has 12 aromatic heterocycles. The lowest BCUT2D eigenvalue weighted by molar-refractivity contribution is -0.118. The maximum absolute atomic E-state index is 16.0. The Kier molecular flexibility index (Phi) is 26.6. The smallest absolute Gasteiger partial charge is 0.386 e. The number of thioether (sulfide) groups is 2. The van der Waals surface area contributed by atoms with Gasteiger partial charge in [0.1, 0.15) is 88.5 Å². The SMILES string of the molecule is Nc1nc2c(ncn2[C@@H]2O[C@@H]3COP(O)(=S)O[C@H]4[C@H](F)[C@H](n5cnc6c(N)ccnc65)O[C@@H]4COP(O)(=S)O[C@@H]2C3(F)F)c(=O)[nH]1.Nc1nc2c(ncn2[C@@H]2S[C@@H]3COP(=O)(S)O[C@H]4[C@H](F)[C@H](n5cnc6c(N)ccnc65)O[C@@H]4COP(O)(=S)O[C@@H]2[C@H]3F)c(=O)[nH]1.Nc1nc2c(ncn2[C@@H]2S[C@@H]3COP(O)(=S)O[C@H]4[C@H](F)[C@H](n5cnc6c(N)ccnc65)O[C@@H]4COP(O)(=S)O[C@@H]2[C@H]3F)c(=O)[nH]1. The molecular weight excluding hydrogens is 2110 g/mol. The summed E-state index contributed by atoms with van der Waals surface area (Å²) in [6, 6.07) is 4.55. The van der Waals surface area contributed by atoms with Crippen LogP contribution in [-0.2, 0) is 137 Å².